The van der Waals surface area contributed by atoms with Gasteiger partial charge in [-0.25, -0.2) is 0 Å². The summed E-state index contributed by atoms with van der Waals surface area (Å²) in [6.07, 6.45) is 3.84. The van der Waals surface area contributed by atoms with Gasteiger partial charge in [-0.3, -0.25) is 9.59 Å². The Morgan fingerprint density at radius 2 is 1.74 bits per heavy atom. The summed E-state index contributed by atoms with van der Waals surface area (Å²) < 4.78 is 20.5. The number of terminal acetylenes is 1. The van der Waals surface area contributed by atoms with Crippen molar-refractivity contribution in [2.75, 3.05) is 21.3 Å². The predicted molar refractivity (Wildman–Crippen MR) is 80.5 cm³/mol. The maximum atomic E-state index is 12.4. The quantitative estimate of drug-likeness (QED) is 0.476. The molecule has 2 atom stereocenters. The highest BCUT2D eigenvalue weighted by molar-refractivity contribution is 6.01. The van der Waals surface area contributed by atoms with Crippen LogP contribution < -0.4 is 4.74 Å². The molecule has 6 nitrogen and oxygen atoms in total. The number of hydrogen-bond donors (Lipinski definition) is 0. The van der Waals surface area contributed by atoms with Gasteiger partial charge in [0.15, 0.2) is 5.41 Å². The summed E-state index contributed by atoms with van der Waals surface area (Å²) in [5.74, 6) is 1.61. The van der Waals surface area contributed by atoms with Crippen LogP contribution in [0.5, 0.6) is 5.75 Å². The zero-order valence-electron chi connectivity index (χ0n) is 13.2. The molecule has 0 spiro atoms. The molecule has 0 aromatic heterocycles. The van der Waals surface area contributed by atoms with Crippen LogP contribution in [0.25, 0.3) is 0 Å². The monoisotopic (exact) mass is 318 g/mol. The molecule has 0 saturated carbocycles. The Morgan fingerprint density at radius 1 is 1.17 bits per heavy atom. The highest BCUT2D eigenvalue weighted by atomic mass is 16.6. The first-order valence-electron chi connectivity index (χ1n) is 6.95. The standard InChI is InChI=1S/C17H18O6/c1-5-12-10-17(15(18)21-3,16(19)22-4)14(23-12)11-6-8-13(20-2)9-7-11/h1,6-9,12,14H,10H2,2-4H3/t12-,14-/m0/s1. The molecule has 0 amide bonds. The van der Waals surface area contributed by atoms with Crippen molar-refractivity contribution >= 4 is 11.9 Å². The molecule has 6 heteroatoms. The summed E-state index contributed by atoms with van der Waals surface area (Å²) in [7, 11) is 3.96. The first-order valence-corrected chi connectivity index (χ1v) is 6.95. The van der Waals surface area contributed by atoms with Crippen molar-refractivity contribution in [1.29, 1.82) is 0 Å². The second-order valence-electron chi connectivity index (χ2n) is 5.10. The van der Waals surface area contributed by atoms with Crippen LogP contribution >= 0.6 is 0 Å². The fraction of sp³-hybridized carbons (Fsp3) is 0.412. The molecule has 23 heavy (non-hydrogen) atoms. The molecule has 1 aliphatic heterocycles. The van der Waals surface area contributed by atoms with Gasteiger partial charge in [0.25, 0.3) is 0 Å². The third-order valence-electron chi connectivity index (χ3n) is 3.96. The molecule has 0 N–H and O–H groups in total. The van der Waals surface area contributed by atoms with Gasteiger partial charge in [0.1, 0.15) is 18.0 Å². The van der Waals surface area contributed by atoms with Gasteiger partial charge in [-0.15, -0.1) is 6.42 Å². The van der Waals surface area contributed by atoms with Gasteiger partial charge in [-0.1, -0.05) is 18.1 Å². The lowest BCUT2D eigenvalue weighted by Crippen LogP contribution is -2.43. The third kappa shape index (κ3) is 2.76. The summed E-state index contributed by atoms with van der Waals surface area (Å²) >= 11 is 0. The summed E-state index contributed by atoms with van der Waals surface area (Å²) in [5.41, 5.74) is -1.02. The zero-order chi connectivity index (χ0) is 17.0. The van der Waals surface area contributed by atoms with E-state index in [1.807, 2.05) is 0 Å². The predicted octanol–water partition coefficient (Wildman–Crippen LogP) is 1.49. The van der Waals surface area contributed by atoms with E-state index < -0.39 is 29.6 Å². The van der Waals surface area contributed by atoms with Gasteiger partial charge in [-0.2, -0.15) is 0 Å². The SMILES string of the molecule is C#C[C@H]1CC(C(=O)OC)(C(=O)OC)[C@H](c2ccc(OC)cc2)O1. The number of carbonyl (C=O) groups excluding carboxylic acids is 2. The van der Waals surface area contributed by atoms with E-state index in [1.165, 1.54) is 14.2 Å². The second-order valence-corrected chi connectivity index (χ2v) is 5.10. The van der Waals surface area contributed by atoms with Gasteiger partial charge in [0, 0.05) is 6.42 Å². The number of esters is 2. The fourth-order valence-electron chi connectivity index (χ4n) is 2.80. The molecule has 122 valence electrons. The van der Waals surface area contributed by atoms with E-state index in [0.717, 1.165) is 0 Å². The van der Waals surface area contributed by atoms with E-state index in [1.54, 1.807) is 31.4 Å². The molecule has 1 heterocycles. The van der Waals surface area contributed by atoms with Crippen molar-refractivity contribution in [3.05, 3.63) is 29.8 Å². The van der Waals surface area contributed by atoms with Crippen LogP contribution in [0.4, 0.5) is 0 Å². The molecule has 0 aliphatic carbocycles. The van der Waals surface area contributed by atoms with Gasteiger partial charge < -0.3 is 18.9 Å². The topological polar surface area (TPSA) is 71.1 Å². The van der Waals surface area contributed by atoms with E-state index in [0.29, 0.717) is 11.3 Å². The van der Waals surface area contributed by atoms with E-state index in [4.69, 9.17) is 25.4 Å². The van der Waals surface area contributed by atoms with Crippen LogP contribution in [0.2, 0.25) is 0 Å². The summed E-state index contributed by atoms with van der Waals surface area (Å²) in [5, 5.41) is 0. The Morgan fingerprint density at radius 3 is 2.17 bits per heavy atom. The number of carbonyl (C=O) groups is 2. The largest absolute Gasteiger partial charge is 0.497 e. The minimum Gasteiger partial charge on any atom is -0.497 e. The fourth-order valence-corrected chi connectivity index (χ4v) is 2.80. The van der Waals surface area contributed by atoms with Crippen molar-refractivity contribution in [3.8, 4) is 18.1 Å². The molecule has 1 fully saturated rings. The van der Waals surface area contributed by atoms with E-state index in [-0.39, 0.29) is 6.42 Å². The van der Waals surface area contributed by atoms with Gasteiger partial charge in [-0.05, 0) is 17.7 Å². The Balaban J connectivity index is 2.53. The molecule has 1 saturated heterocycles. The Labute approximate surface area is 134 Å². The van der Waals surface area contributed by atoms with Crippen molar-refractivity contribution < 1.29 is 28.5 Å². The highest BCUT2D eigenvalue weighted by Gasteiger charge is 2.61. The average molecular weight is 318 g/mol. The maximum Gasteiger partial charge on any atom is 0.326 e. The van der Waals surface area contributed by atoms with Crippen LogP contribution in [0.3, 0.4) is 0 Å². The Bertz CT molecular complexity index is 611. The van der Waals surface area contributed by atoms with E-state index in [2.05, 4.69) is 5.92 Å². The molecule has 0 radical (unpaired) electrons. The molecule has 0 unspecified atom stereocenters. The van der Waals surface area contributed by atoms with Crippen molar-refractivity contribution in [3.63, 3.8) is 0 Å². The van der Waals surface area contributed by atoms with Crippen molar-refractivity contribution in [2.24, 2.45) is 5.41 Å². The molecule has 1 aliphatic rings. The minimum atomic E-state index is -1.63. The number of ether oxygens (including phenoxy) is 4. The lowest BCUT2D eigenvalue weighted by atomic mass is 9.77. The third-order valence-corrected chi connectivity index (χ3v) is 3.96. The van der Waals surface area contributed by atoms with Gasteiger partial charge in [0.05, 0.1) is 21.3 Å². The molecule has 0 bridgehead atoms. The first-order chi connectivity index (χ1) is 11.0. The zero-order valence-corrected chi connectivity index (χ0v) is 13.2. The second kappa shape index (κ2) is 6.71. The average Bonchev–Trinajstić information content (AvgIpc) is 3.01. The van der Waals surface area contributed by atoms with Crippen LogP contribution in [0.15, 0.2) is 24.3 Å². The molecular formula is C17H18O6. The normalized spacial score (nSPS) is 22.0. The van der Waals surface area contributed by atoms with Crippen LogP contribution in [-0.4, -0.2) is 39.4 Å². The van der Waals surface area contributed by atoms with Gasteiger partial charge in [0.2, 0.25) is 0 Å². The number of rotatable bonds is 4. The highest BCUT2D eigenvalue weighted by Crippen LogP contribution is 2.50. The summed E-state index contributed by atoms with van der Waals surface area (Å²) in [6, 6.07) is 6.84. The van der Waals surface area contributed by atoms with Crippen molar-refractivity contribution in [2.45, 2.75) is 18.6 Å². The molecular weight excluding hydrogens is 300 g/mol. The number of hydrogen-bond acceptors (Lipinski definition) is 6. The van der Waals surface area contributed by atoms with Crippen LogP contribution in [-0.2, 0) is 23.8 Å². The van der Waals surface area contributed by atoms with Crippen LogP contribution in [0, 0.1) is 17.8 Å². The minimum absolute atomic E-state index is 0.000454. The smallest absolute Gasteiger partial charge is 0.326 e. The van der Waals surface area contributed by atoms with Crippen LogP contribution in [0.1, 0.15) is 18.1 Å². The Kier molecular flexibility index (Phi) is 4.92. The first kappa shape index (κ1) is 16.8. The van der Waals surface area contributed by atoms with E-state index in [9.17, 15) is 9.59 Å². The number of methoxy groups -OCH3 is 3. The Hall–Kier alpha value is -2.52. The lowest BCUT2D eigenvalue weighted by Gasteiger charge is -2.28. The summed E-state index contributed by atoms with van der Waals surface area (Å²) in [6.45, 7) is 0. The molecule has 1 aromatic rings. The van der Waals surface area contributed by atoms with Gasteiger partial charge >= 0.3 is 11.9 Å². The maximum absolute atomic E-state index is 12.4. The molecule has 1 aromatic carbocycles. The lowest BCUT2D eigenvalue weighted by molar-refractivity contribution is -0.173. The molecule has 2 rings (SSSR count). The van der Waals surface area contributed by atoms with E-state index >= 15 is 0 Å². The number of benzene rings is 1. The van der Waals surface area contributed by atoms with Crippen molar-refractivity contribution in [1.82, 2.24) is 0 Å². The summed E-state index contributed by atoms with van der Waals surface area (Å²) in [4.78, 5) is 24.8.